The number of hydrogen-bond donors (Lipinski definition) is 3. The first-order valence-corrected chi connectivity index (χ1v) is 5.15. The third-order valence-electron chi connectivity index (χ3n) is 2.66. The fraction of sp³-hybridized carbons (Fsp3) is 0. The molecule has 1 aromatic carbocycles. The molecule has 3 aromatic rings. The number of fused-ring (bicyclic) bond motifs is 1. The van der Waals surface area contributed by atoms with E-state index < -0.39 is 0 Å². The Morgan fingerprint density at radius 1 is 0.941 bits per heavy atom. The summed E-state index contributed by atoms with van der Waals surface area (Å²) in [6.07, 6.45) is 0. The Kier molecular flexibility index (Phi) is 1.98. The molecule has 0 aliphatic carbocycles. The summed E-state index contributed by atoms with van der Waals surface area (Å²) in [6, 6.07) is 10.8. The van der Waals surface area contributed by atoms with Gasteiger partial charge in [0.05, 0.1) is 5.39 Å². The standard InChI is InChI=1S/C12H9N3O2/c16-9-6-8(7-4-2-1-3-5-7)10-11(13-9)14-15-12(10)17/h1-6H,(H3,13,14,15,16,17). The molecule has 0 fully saturated rings. The lowest BCUT2D eigenvalue weighted by Crippen LogP contribution is -2.07. The molecular weight excluding hydrogens is 218 g/mol. The SMILES string of the molecule is O=c1cc(-c2ccccc2)c2c(=O)[nH][nH]c2[nH]1. The Labute approximate surface area is 95.1 Å². The summed E-state index contributed by atoms with van der Waals surface area (Å²) >= 11 is 0. The van der Waals surface area contributed by atoms with Gasteiger partial charge in [-0.15, -0.1) is 0 Å². The van der Waals surface area contributed by atoms with Gasteiger partial charge < -0.3 is 4.98 Å². The zero-order valence-corrected chi connectivity index (χ0v) is 8.78. The number of aromatic nitrogens is 3. The van der Waals surface area contributed by atoms with Crippen molar-refractivity contribution in [1.82, 2.24) is 15.2 Å². The smallest absolute Gasteiger partial charge is 0.274 e. The topological polar surface area (TPSA) is 81.5 Å². The number of H-pyrrole nitrogens is 3. The van der Waals surface area contributed by atoms with Crippen LogP contribution in [0.25, 0.3) is 22.2 Å². The van der Waals surface area contributed by atoms with E-state index in [-0.39, 0.29) is 11.1 Å². The van der Waals surface area contributed by atoms with Crippen molar-refractivity contribution in [3.63, 3.8) is 0 Å². The van der Waals surface area contributed by atoms with E-state index in [0.29, 0.717) is 16.6 Å². The summed E-state index contributed by atoms with van der Waals surface area (Å²) < 4.78 is 0. The van der Waals surface area contributed by atoms with Crippen molar-refractivity contribution in [3.05, 3.63) is 57.1 Å². The van der Waals surface area contributed by atoms with Gasteiger partial charge in [0.25, 0.3) is 5.56 Å². The Balaban J connectivity index is 2.47. The number of hydrogen-bond acceptors (Lipinski definition) is 2. The summed E-state index contributed by atoms with van der Waals surface area (Å²) in [4.78, 5) is 25.7. The second-order valence-corrected chi connectivity index (χ2v) is 3.74. The summed E-state index contributed by atoms with van der Waals surface area (Å²) in [6.45, 7) is 0. The maximum absolute atomic E-state index is 11.7. The molecule has 3 N–H and O–H groups in total. The van der Waals surface area contributed by atoms with Gasteiger partial charge in [-0.2, -0.15) is 0 Å². The van der Waals surface area contributed by atoms with Gasteiger partial charge in [0.15, 0.2) is 0 Å². The average molecular weight is 227 g/mol. The quantitative estimate of drug-likeness (QED) is 0.584. The predicted molar refractivity (Wildman–Crippen MR) is 65.0 cm³/mol. The summed E-state index contributed by atoms with van der Waals surface area (Å²) in [5.74, 6) is 0. The lowest BCUT2D eigenvalue weighted by atomic mass is 10.0. The Morgan fingerprint density at radius 2 is 1.71 bits per heavy atom. The van der Waals surface area contributed by atoms with Crippen molar-refractivity contribution in [2.24, 2.45) is 0 Å². The summed E-state index contributed by atoms with van der Waals surface area (Å²) in [5, 5.41) is 5.58. The van der Waals surface area contributed by atoms with E-state index in [1.54, 1.807) is 0 Å². The molecule has 0 amide bonds. The van der Waals surface area contributed by atoms with Gasteiger partial charge in [0.2, 0.25) is 5.56 Å². The van der Waals surface area contributed by atoms with Gasteiger partial charge in [-0.05, 0) is 5.56 Å². The van der Waals surface area contributed by atoms with Crippen molar-refractivity contribution < 1.29 is 0 Å². The van der Waals surface area contributed by atoms with Gasteiger partial charge >= 0.3 is 0 Å². The lowest BCUT2D eigenvalue weighted by molar-refractivity contribution is 1.06. The van der Waals surface area contributed by atoms with Crippen molar-refractivity contribution in [2.75, 3.05) is 0 Å². The maximum atomic E-state index is 11.7. The third kappa shape index (κ3) is 1.48. The second-order valence-electron chi connectivity index (χ2n) is 3.74. The number of pyridine rings is 1. The van der Waals surface area contributed by atoms with Crippen LogP contribution in [0.3, 0.4) is 0 Å². The van der Waals surface area contributed by atoms with Crippen LogP contribution in [0.15, 0.2) is 46.0 Å². The molecule has 0 saturated heterocycles. The fourth-order valence-electron chi connectivity index (χ4n) is 1.92. The Hall–Kier alpha value is -2.56. The van der Waals surface area contributed by atoms with Crippen LogP contribution >= 0.6 is 0 Å². The molecule has 0 atom stereocenters. The van der Waals surface area contributed by atoms with Gasteiger partial charge in [0.1, 0.15) is 5.65 Å². The van der Waals surface area contributed by atoms with Crippen LogP contribution in [0.4, 0.5) is 0 Å². The fourth-order valence-corrected chi connectivity index (χ4v) is 1.92. The minimum atomic E-state index is -0.244. The summed E-state index contributed by atoms with van der Waals surface area (Å²) in [7, 11) is 0. The molecule has 17 heavy (non-hydrogen) atoms. The van der Waals surface area contributed by atoms with Gasteiger partial charge in [-0.1, -0.05) is 30.3 Å². The van der Waals surface area contributed by atoms with E-state index in [1.165, 1.54) is 6.07 Å². The van der Waals surface area contributed by atoms with E-state index in [4.69, 9.17) is 0 Å². The normalized spacial score (nSPS) is 10.8. The van der Waals surface area contributed by atoms with Crippen LogP contribution in [0.5, 0.6) is 0 Å². The van der Waals surface area contributed by atoms with Crippen LogP contribution in [0.2, 0.25) is 0 Å². The molecule has 0 saturated carbocycles. The minimum absolute atomic E-state index is 0.241. The second kappa shape index (κ2) is 3.48. The zero-order valence-electron chi connectivity index (χ0n) is 8.78. The Morgan fingerprint density at radius 3 is 2.47 bits per heavy atom. The lowest BCUT2D eigenvalue weighted by Gasteiger charge is -2.01. The first-order valence-electron chi connectivity index (χ1n) is 5.15. The average Bonchev–Trinajstić information content (AvgIpc) is 2.71. The summed E-state index contributed by atoms with van der Waals surface area (Å²) in [5.41, 5.74) is 1.41. The van der Waals surface area contributed by atoms with E-state index in [0.717, 1.165) is 5.56 Å². The third-order valence-corrected chi connectivity index (χ3v) is 2.66. The predicted octanol–water partition coefficient (Wildman–Crippen LogP) is 1.21. The zero-order chi connectivity index (χ0) is 11.8. The van der Waals surface area contributed by atoms with E-state index in [2.05, 4.69) is 15.2 Å². The minimum Gasteiger partial charge on any atom is -0.307 e. The largest absolute Gasteiger partial charge is 0.307 e. The van der Waals surface area contributed by atoms with Crippen LogP contribution in [0.1, 0.15) is 0 Å². The van der Waals surface area contributed by atoms with E-state index >= 15 is 0 Å². The number of rotatable bonds is 1. The van der Waals surface area contributed by atoms with Crippen LogP contribution in [-0.4, -0.2) is 15.2 Å². The molecule has 84 valence electrons. The van der Waals surface area contributed by atoms with Crippen LogP contribution in [-0.2, 0) is 0 Å². The van der Waals surface area contributed by atoms with Gasteiger partial charge in [-0.25, -0.2) is 0 Å². The molecule has 0 unspecified atom stereocenters. The van der Waals surface area contributed by atoms with Crippen molar-refractivity contribution in [1.29, 1.82) is 0 Å². The monoisotopic (exact) mass is 227 g/mol. The Bertz CT molecular complexity index is 781. The van der Waals surface area contributed by atoms with E-state index in [1.807, 2.05) is 30.3 Å². The molecule has 0 aliphatic rings. The highest BCUT2D eigenvalue weighted by atomic mass is 16.1. The van der Waals surface area contributed by atoms with Crippen molar-refractivity contribution in [3.8, 4) is 11.1 Å². The first-order chi connectivity index (χ1) is 8.25. The van der Waals surface area contributed by atoms with Gasteiger partial charge in [-0.3, -0.25) is 19.8 Å². The molecule has 0 spiro atoms. The number of aromatic amines is 3. The molecule has 5 heteroatoms. The van der Waals surface area contributed by atoms with E-state index in [9.17, 15) is 9.59 Å². The van der Waals surface area contributed by atoms with Crippen molar-refractivity contribution >= 4 is 11.0 Å². The maximum Gasteiger partial charge on any atom is 0.274 e. The molecule has 0 radical (unpaired) electrons. The number of benzene rings is 1. The molecule has 2 heterocycles. The molecular formula is C12H9N3O2. The van der Waals surface area contributed by atoms with Crippen molar-refractivity contribution in [2.45, 2.75) is 0 Å². The highest BCUT2D eigenvalue weighted by Crippen LogP contribution is 2.22. The highest BCUT2D eigenvalue weighted by molar-refractivity contribution is 5.91. The first kappa shape index (κ1) is 9.65. The highest BCUT2D eigenvalue weighted by Gasteiger charge is 2.10. The van der Waals surface area contributed by atoms with Gasteiger partial charge in [0, 0.05) is 11.6 Å². The van der Waals surface area contributed by atoms with Crippen LogP contribution in [0, 0.1) is 0 Å². The molecule has 0 bridgehead atoms. The molecule has 3 rings (SSSR count). The molecule has 2 aromatic heterocycles. The number of nitrogens with one attached hydrogen (secondary N) is 3. The van der Waals surface area contributed by atoms with Crippen LogP contribution < -0.4 is 11.1 Å². The molecule has 0 aliphatic heterocycles. The molecule has 5 nitrogen and oxygen atoms in total.